The van der Waals surface area contributed by atoms with Crippen LogP contribution in [-0.2, 0) is 0 Å². The summed E-state index contributed by atoms with van der Waals surface area (Å²) in [5, 5.41) is 9.50. The lowest BCUT2D eigenvalue weighted by Gasteiger charge is -2.15. The Morgan fingerprint density at radius 1 is 1.59 bits per heavy atom. The van der Waals surface area contributed by atoms with Crippen molar-refractivity contribution in [2.45, 2.75) is 33.1 Å². The normalized spacial score (nSPS) is 23.9. The summed E-state index contributed by atoms with van der Waals surface area (Å²) in [6, 6.07) is 0. The highest BCUT2D eigenvalue weighted by Crippen LogP contribution is 2.30. The Labute approximate surface area is 101 Å². The number of aromatic amines is 1. The number of nitrogens with one attached hydrogen (secondary N) is 2. The fraction of sp³-hybridized carbons (Fsp3) is 0.667. The first kappa shape index (κ1) is 12.0. The summed E-state index contributed by atoms with van der Waals surface area (Å²) < 4.78 is 0. The Hall–Kier alpha value is -1.52. The van der Waals surface area contributed by atoms with Crippen LogP contribution in [0, 0.1) is 18.8 Å². The summed E-state index contributed by atoms with van der Waals surface area (Å²) in [4.78, 5) is 12.0. The van der Waals surface area contributed by atoms with Gasteiger partial charge in [0, 0.05) is 12.2 Å². The molecule has 1 aliphatic rings. The van der Waals surface area contributed by atoms with Crippen LogP contribution in [0.1, 0.15) is 42.2 Å². The topological polar surface area (TPSA) is 83.8 Å². The van der Waals surface area contributed by atoms with Gasteiger partial charge in [-0.3, -0.25) is 9.89 Å². The molecule has 0 aromatic carbocycles. The largest absolute Gasteiger partial charge is 0.382 e. The van der Waals surface area contributed by atoms with Gasteiger partial charge < -0.3 is 11.1 Å². The Balaban J connectivity index is 1.94. The van der Waals surface area contributed by atoms with Crippen molar-refractivity contribution in [3.8, 4) is 0 Å². The quantitative estimate of drug-likeness (QED) is 0.743. The van der Waals surface area contributed by atoms with Gasteiger partial charge in [0.15, 0.2) is 5.82 Å². The molecular formula is C12H20N4O. The second-order valence-corrected chi connectivity index (χ2v) is 4.99. The van der Waals surface area contributed by atoms with E-state index in [0.717, 1.165) is 12.2 Å². The molecule has 0 bridgehead atoms. The van der Waals surface area contributed by atoms with E-state index in [2.05, 4.69) is 22.4 Å². The minimum absolute atomic E-state index is 0.118. The number of nitrogens with zero attached hydrogens (tertiary/aromatic N) is 1. The van der Waals surface area contributed by atoms with Gasteiger partial charge in [-0.15, -0.1) is 0 Å². The summed E-state index contributed by atoms with van der Waals surface area (Å²) >= 11 is 0. The molecule has 4 N–H and O–H groups in total. The van der Waals surface area contributed by atoms with Crippen molar-refractivity contribution in [2.24, 2.45) is 11.8 Å². The third-order valence-electron chi connectivity index (χ3n) is 3.77. The van der Waals surface area contributed by atoms with Crippen LogP contribution in [0.2, 0.25) is 0 Å². The van der Waals surface area contributed by atoms with Gasteiger partial charge in [0.1, 0.15) is 5.56 Å². The highest BCUT2D eigenvalue weighted by atomic mass is 16.1. The van der Waals surface area contributed by atoms with Crippen LogP contribution in [0.5, 0.6) is 0 Å². The zero-order valence-electron chi connectivity index (χ0n) is 10.4. The molecule has 2 rings (SSSR count). The molecule has 1 heterocycles. The number of nitrogens with two attached hydrogens (primary N) is 1. The maximum absolute atomic E-state index is 12.0. The van der Waals surface area contributed by atoms with Crippen LogP contribution in [0.3, 0.4) is 0 Å². The molecule has 0 spiro atoms. The third kappa shape index (κ3) is 2.43. The van der Waals surface area contributed by atoms with Crippen LogP contribution < -0.4 is 11.1 Å². The molecule has 1 saturated carbocycles. The first-order chi connectivity index (χ1) is 8.09. The molecular weight excluding hydrogens is 216 g/mol. The summed E-state index contributed by atoms with van der Waals surface area (Å²) in [5.41, 5.74) is 6.85. The number of amides is 1. The van der Waals surface area contributed by atoms with E-state index in [1.165, 1.54) is 19.3 Å². The van der Waals surface area contributed by atoms with Gasteiger partial charge in [-0.2, -0.15) is 5.10 Å². The van der Waals surface area contributed by atoms with Gasteiger partial charge >= 0.3 is 0 Å². The number of nitrogen functional groups attached to an aromatic ring is 1. The van der Waals surface area contributed by atoms with Crippen molar-refractivity contribution in [3.63, 3.8) is 0 Å². The summed E-state index contributed by atoms with van der Waals surface area (Å²) in [6.45, 7) is 4.79. The van der Waals surface area contributed by atoms with Gasteiger partial charge in [-0.1, -0.05) is 19.8 Å². The summed E-state index contributed by atoms with van der Waals surface area (Å²) in [6.07, 6.45) is 3.75. The zero-order valence-corrected chi connectivity index (χ0v) is 10.4. The predicted molar refractivity (Wildman–Crippen MR) is 66.6 cm³/mol. The van der Waals surface area contributed by atoms with Crippen LogP contribution in [0.4, 0.5) is 5.82 Å². The standard InChI is InChI=1S/C12H20N4O/c1-7-4-3-5-9(7)6-14-12(17)10-8(2)15-16-11(10)13/h7,9H,3-6H2,1-2H3,(H,14,17)(H3,13,15,16). The first-order valence-electron chi connectivity index (χ1n) is 6.18. The van der Waals surface area contributed by atoms with Gasteiger partial charge in [0.05, 0.1) is 0 Å². The lowest BCUT2D eigenvalue weighted by atomic mass is 9.98. The van der Waals surface area contributed by atoms with Crippen molar-refractivity contribution < 1.29 is 4.79 Å². The molecule has 94 valence electrons. The number of carbonyl (C=O) groups is 1. The van der Waals surface area contributed by atoms with Crippen LogP contribution >= 0.6 is 0 Å². The Bertz CT molecular complexity index is 393. The number of anilines is 1. The lowest BCUT2D eigenvalue weighted by Crippen LogP contribution is -2.30. The molecule has 1 fully saturated rings. The van der Waals surface area contributed by atoms with E-state index in [1.54, 1.807) is 6.92 Å². The minimum atomic E-state index is -0.118. The maximum atomic E-state index is 12.0. The van der Waals surface area contributed by atoms with Crippen molar-refractivity contribution >= 4 is 11.7 Å². The number of rotatable bonds is 3. The monoisotopic (exact) mass is 236 g/mol. The van der Waals surface area contributed by atoms with E-state index in [-0.39, 0.29) is 11.7 Å². The molecule has 5 heteroatoms. The smallest absolute Gasteiger partial charge is 0.256 e. The van der Waals surface area contributed by atoms with E-state index in [0.29, 0.717) is 17.4 Å². The van der Waals surface area contributed by atoms with Gasteiger partial charge in [0.25, 0.3) is 5.91 Å². The van der Waals surface area contributed by atoms with E-state index >= 15 is 0 Å². The number of hydrogen-bond acceptors (Lipinski definition) is 3. The summed E-state index contributed by atoms with van der Waals surface area (Å²) in [7, 11) is 0. The van der Waals surface area contributed by atoms with Crippen LogP contribution in [0.15, 0.2) is 0 Å². The minimum Gasteiger partial charge on any atom is -0.382 e. The van der Waals surface area contributed by atoms with Gasteiger partial charge in [-0.25, -0.2) is 0 Å². The number of aryl methyl sites for hydroxylation is 1. The van der Waals surface area contributed by atoms with Crippen LogP contribution in [-0.4, -0.2) is 22.6 Å². The average molecular weight is 236 g/mol. The predicted octanol–water partition coefficient (Wildman–Crippen LogP) is 1.47. The number of carbonyl (C=O) groups excluding carboxylic acids is 1. The van der Waals surface area contributed by atoms with Crippen molar-refractivity contribution in [2.75, 3.05) is 12.3 Å². The van der Waals surface area contributed by atoms with E-state index in [1.807, 2.05) is 0 Å². The number of hydrogen-bond donors (Lipinski definition) is 3. The first-order valence-corrected chi connectivity index (χ1v) is 6.18. The number of H-pyrrole nitrogens is 1. The second-order valence-electron chi connectivity index (χ2n) is 4.99. The third-order valence-corrected chi connectivity index (χ3v) is 3.77. The fourth-order valence-electron chi connectivity index (χ4n) is 2.57. The van der Waals surface area contributed by atoms with Crippen molar-refractivity contribution in [3.05, 3.63) is 11.3 Å². The maximum Gasteiger partial charge on any atom is 0.256 e. The summed E-state index contributed by atoms with van der Waals surface area (Å²) in [5.74, 6) is 1.47. The molecule has 1 aromatic rings. The van der Waals surface area contributed by atoms with Gasteiger partial charge in [0.2, 0.25) is 0 Å². The van der Waals surface area contributed by atoms with Crippen molar-refractivity contribution in [1.82, 2.24) is 15.5 Å². The van der Waals surface area contributed by atoms with E-state index < -0.39 is 0 Å². The van der Waals surface area contributed by atoms with E-state index in [9.17, 15) is 4.79 Å². The second kappa shape index (κ2) is 4.77. The molecule has 1 aliphatic carbocycles. The molecule has 2 unspecified atom stereocenters. The highest BCUT2D eigenvalue weighted by molar-refractivity contribution is 5.99. The lowest BCUT2D eigenvalue weighted by molar-refractivity contribution is 0.0945. The molecule has 1 aromatic heterocycles. The fourth-order valence-corrected chi connectivity index (χ4v) is 2.57. The Morgan fingerprint density at radius 3 is 2.88 bits per heavy atom. The average Bonchev–Trinajstić information content (AvgIpc) is 2.83. The van der Waals surface area contributed by atoms with Gasteiger partial charge in [-0.05, 0) is 25.2 Å². The van der Waals surface area contributed by atoms with E-state index in [4.69, 9.17) is 5.73 Å². The SMILES string of the molecule is Cc1[nH]nc(N)c1C(=O)NCC1CCCC1C. The molecule has 0 aliphatic heterocycles. The molecule has 0 saturated heterocycles. The molecule has 0 radical (unpaired) electrons. The molecule has 1 amide bonds. The Kier molecular flexibility index (Phi) is 3.36. The zero-order chi connectivity index (χ0) is 12.4. The highest BCUT2D eigenvalue weighted by Gasteiger charge is 2.24. The van der Waals surface area contributed by atoms with Crippen molar-refractivity contribution in [1.29, 1.82) is 0 Å². The number of aromatic nitrogens is 2. The van der Waals surface area contributed by atoms with Crippen LogP contribution in [0.25, 0.3) is 0 Å². The Morgan fingerprint density at radius 2 is 2.35 bits per heavy atom. The molecule has 2 atom stereocenters. The molecule has 17 heavy (non-hydrogen) atoms. The molecule has 5 nitrogen and oxygen atoms in total.